The lowest BCUT2D eigenvalue weighted by Crippen LogP contribution is -2.43. The van der Waals surface area contributed by atoms with Gasteiger partial charge in [-0.15, -0.1) is 0 Å². The average molecular weight is 432 g/mol. The van der Waals surface area contributed by atoms with Gasteiger partial charge in [-0.3, -0.25) is 14.6 Å². The number of benzene rings is 2. The number of anilines is 1. The van der Waals surface area contributed by atoms with Crippen LogP contribution in [0.1, 0.15) is 10.4 Å². The Bertz CT molecular complexity index is 987. The Kier molecular flexibility index (Phi) is 6.30. The summed E-state index contributed by atoms with van der Waals surface area (Å²) in [6.07, 6.45) is 0. The number of hydrogen-bond acceptors (Lipinski definition) is 6. The van der Waals surface area contributed by atoms with Gasteiger partial charge in [0, 0.05) is 36.8 Å². The number of hydrogen-bond donors (Lipinski definition) is 0. The molecule has 0 N–H and O–H groups in total. The predicted octanol–water partition coefficient (Wildman–Crippen LogP) is 3.94. The topological polar surface area (TPSA) is 54.9 Å². The van der Waals surface area contributed by atoms with Crippen LogP contribution in [0, 0.1) is 0 Å². The van der Waals surface area contributed by atoms with Gasteiger partial charge >= 0.3 is 0 Å². The third-order valence-corrected chi connectivity index (χ3v) is 6.17. The second kappa shape index (κ2) is 9.09. The molecule has 8 heteroatoms. The molecule has 0 spiro atoms. The molecule has 29 heavy (non-hydrogen) atoms. The lowest BCUT2D eigenvalue weighted by molar-refractivity contribution is 0.0391. The van der Waals surface area contributed by atoms with Gasteiger partial charge in [-0.1, -0.05) is 22.9 Å². The Balaban J connectivity index is 1.61. The summed E-state index contributed by atoms with van der Waals surface area (Å²) < 4.78 is 11.6. The third-order valence-electron chi connectivity index (χ3n) is 4.90. The SMILES string of the molecule is COc1ccc(C(=O)N(CCN2CCOCC2)c2nc3ccc(Cl)cc3s2)cc1. The number of aromatic nitrogens is 1. The van der Waals surface area contributed by atoms with Crippen molar-refractivity contribution in [2.24, 2.45) is 0 Å². The van der Waals surface area contributed by atoms with E-state index in [9.17, 15) is 4.79 Å². The smallest absolute Gasteiger partial charge is 0.260 e. The van der Waals surface area contributed by atoms with Crippen molar-refractivity contribution in [2.75, 3.05) is 51.4 Å². The van der Waals surface area contributed by atoms with Gasteiger partial charge in [-0.05, 0) is 42.5 Å². The number of carbonyl (C=O) groups is 1. The van der Waals surface area contributed by atoms with E-state index in [4.69, 9.17) is 26.1 Å². The van der Waals surface area contributed by atoms with Crippen LogP contribution in [0.4, 0.5) is 5.13 Å². The number of methoxy groups -OCH3 is 1. The summed E-state index contributed by atoms with van der Waals surface area (Å²) in [5.41, 5.74) is 1.44. The van der Waals surface area contributed by atoms with Gasteiger partial charge in [0.25, 0.3) is 5.91 Å². The Hall–Kier alpha value is -2.19. The zero-order chi connectivity index (χ0) is 20.2. The molecule has 6 nitrogen and oxygen atoms in total. The van der Waals surface area contributed by atoms with E-state index in [2.05, 4.69) is 4.90 Å². The molecule has 1 aromatic heterocycles. The standard InChI is InChI=1S/C21H22ClN3O3S/c1-27-17-5-2-15(3-6-17)20(26)25(9-8-24-10-12-28-13-11-24)21-23-18-7-4-16(22)14-19(18)29-21/h2-7,14H,8-13H2,1H3. The fraction of sp³-hybridized carbons (Fsp3) is 0.333. The number of amides is 1. The summed E-state index contributed by atoms with van der Waals surface area (Å²) in [6.45, 7) is 4.53. The molecule has 1 fully saturated rings. The van der Waals surface area contributed by atoms with E-state index >= 15 is 0 Å². The van der Waals surface area contributed by atoms with E-state index in [-0.39, 0.29) is 5.91 Å². The maximum atomic E-state index is 13.3. The molecule has 4 rings (SSSR count). The minimum Gasteiger partial charge on any atom is -0.497 e. The molecule has 1 amide bonds. The zero-order valence-electron chi connectivity index (χ0n) is 16.1. The van der Waals surface area contributed by atoms with Crippen molar-refractivity contribution in [3.05, 3.63) is 53.1 Å². The molecule has 0 bridgehead atoms. The molecular formula is C21H22ClN3O3S. The predicted molar refractivity (Wildman–Crippen MR) is 117 cm³/mol. The highest BCUT2D eigenvalue weighted by molar-refractivity contribution is 7.22. The first kappa shape index (κ1) is 20.1. The first-order chi connectivity index (χ1) is 14.1. The molecule has 2 aromatic carbocycles. The molecule has 2 heterocycles. The average Bonchev–Trinajstić information content (AvgIpc) is 3.17. The zero-order valence-corrected chi connectivity index (χ0v) is 17.7. The maximum absolute atomic E-state index is 13.3. The number of thiazole rings is 1. The van der Waals surface area contributed by atoms with E-state index < -0.39 is 0 Å². The van der Waals surface area contributed by atoms with Crippen molar-refractivity contribution >= 4 is 44.2 Å². The van der Waals surface area contributed by atoms with Crippen molar-refractivity contribution in [3.8, 4) is 5.75 Å². The van der Waals surface area contributed by atoms with Gasteiger partial charge in [-0.25, -0.2) is 4.98 Å². The summed E-state index contributed by atoms with van der Waals surface area (Å²) >= 11 is 7.60. The number of nitrogens with zero attached hydrogens (tertiary/aromatic N) is 3. The van der Waals surface area contributed by atoms with E-state index in [1.54, 1.807) is 36.3 Å². The monoisotopic (exact) mass is 431 g/mol. The van der Waals surface area contributed by atoms with Crippen LogP contribution >= 0.6 is 22.9 Å². The van der Waals surface area contributed by atoms with Crippen molar-refractivity contribution in [1.29, 1.82) is 0 Å². The molecule has 0 saturated carbocycles. The van der Waals surface area contributed by atoms with Crippen molar-refractivity contribution in [2.45, 2.75) is 0 Å². The number of fused-ring (bicyclic) bond motifs is 1. The molecule has 0 radical (unpaired) electrons. The Morgan fingerprint density at radius 1 is 1.24 bits per heavy atom. The molecule has 0 unspecified atom stereocenters. The van der Waals surface area contributed by atoms with Crippen LogP contribution in [-0.2, 0) is 4.74 Å². The number of rotatable bonds is 6. The van der Waals surface area contributed by atoms with Gasteiger partial charge in [-0.2, -0.15) is 0 Å². The number of ether oxygens (including phenoxy) is 2. The molecule has 1 aliphatic rings. The Labute approximate surface area is 178 Å². The van der Waals surface area contributed by atoms with E-state index in [0.717, 1.165) is 48.8 Å². The van der Waals surface area contributed by atoms with Crippen LogP contribution in [0.15, 0.2) is 42.5 Å². The highest BCUT2D eigenvalue weighted by atomic mass is 35.5. The summed E-state index contributed by atoms with van der Waals surface area (Å²) in [5, 5.41) is 1.34. The van der Waals surface area contributed by atoms with Crippen LogP contribution in [0.2, 0.25) is 5.02 Å². The van der Waals surface area contributed by atoms with Gasteiger partial charge in [0.05, 0.1) is 30.5 Å². The molecule has 0 aliphatic carbocycles. The van der Waals surface area contributed by atoms with Crippen molar-refractivity contribution in [3.63, 3.8) is 0 Å². The Morgan fingerprint density at radius 2 is 2.00 bits per heavy atom. The molecule has 0 atom stereocenters. The highest BCUT2D eigenvalue weighted by Crippen LogP contribution is 2.31. The summed E-state index contributed by atoms with van der Waals surface area (Å²) in [7, 11) is 1.61. The lowest BCUT2D eigenvalue weighted by atomic mass is 10.2. The van der Waals surface area contributed by atoms with Crippen LogP contribution in [0.5, 0.6) is 5.75 Å². The molecule has 152 valence electrons. The van der Waals surface area contributed by atoms with Crippen molar-refractivity contribution in [1.82, 2.24) is 9.88 Å². The normalized spacial score (nSPS) is 14.8. The quantitative estimate of drug-likeness (QED) is 0.591. The number of morpholine rings is 1. The first-order valence-corrected chi connectivity index (χ1v) is 10.7. The van der Waals surface area contributed by atoms with E-state index in [0.29, 0.717) is 22.3 Å². The van der Waals surface area contributed by atoms with Crippen molar-refractivity contribution < 1.29 is 14.3 Å². The number of halogens is 1. The third kappa shape index (κ3) is 4.70. The summed E-state index contributed by atoms with van der Waals surface area (Å²) in [5.74, 6) is 0.641. The van der Waals surface area contributed by atoms with Gasteiger partial charge in [0.1, 0.15) is 5.75 Å². The molecular weight excluding hydrogens is 410 g/mol. The van der Waals surface area contributed by atoms with Crippen LogP contribution in [-0.4, -0.2) is 62.3 Å². The highest BCUT2D eigenvalue weighted by Gasteiger charge is 2.23. The molecule has 1 saturated heterocycles. The summed E-state index contributed by atoms with van der Waals surface area (Å²) in [6, 6.07) is 12.7. The minimum atomic E-state index is -0.0777. The van der Waals surface area contributed by atoms with Gasteiger partial charge in [0.2, 0.25) is 0 Å². The van der Waals surface area contributed by atoms with E-state index in [1.807, 2.05) is 18.2 Å². The Morgan fingerprint density at radius 3 is 2.72 bits per heavy atom. The van der Waals surface area contributed by atoms with Gasteiger partial charge < -0.3 is 9.47 Å². The maximum Gasteiger partial charge on any atom is 0.260 e. The molecule has 1 aliphatic heterocycles. The second-order valence-electron chi connectivity index (χ2n) is 6.75. The fourth-order valence-corrected chi connectivity index (χ4v) is 4.51. The van der Waals surface area contributed by atoms with Gasteiger partial charge in [0.15, 0.2) is 5.13 Å². The minimum absolute atomic E-state index is 0.0777. The summed E-state index contributed by atoms with van der Waals surface area (Å²) in [4.78, 5) is 22.1. The van der Waals surface area contributed by atoms with Crippen LogP contribution in [0.25, 0.3) is 10.2 Å². The van der Waals surface area contributed by atoms with Crippen LogP contribution in [0.3, 0.4) is 0 Å². The molecule has 3 aromatic rings. The fourth-order valence-electron chi connectivity index (χ4n) is 3.24. The largest absolute Gasteiger partial charge is 0.497 e. The first-order valence-electron chi connectivity index (χ1n) is 9.46. The number of carbonyl (C=O) groups excluding carboxylic acids is 1. The van der Waals surface area contributed by atoms with E-state index in [1.165, 1.54) is 11.3 Å². The second-order valence-corrected chi connectivity index (χ2v) is 8.19. The van der Waals surface area contributed by atoms with Crippen LogP contribution < -0.4 is 9.64 Å². The lowest BCUT2D eigenvalue weighted by Gasteiger charge is -2.29.